The van der Waals surface area contributed by atoms with Gasteiger partial charge in [0, 0.05) is 30.9 Å². The summed E-state index contributed by atoms with van der Waals surface area (Å²) in [5.41, 5.74) is 1.32. The minimum absolute atomic E-state index is 0.734. The first-order valence-corrected chi connectivity index (χ1v) is 8.08. The van der Waals surface area contributed by atoms with Crippen LogP contribution in [0.15, 0.2) is 18.3 Å². The summed E-state index contributed by atoms with van der Waals surface area (Å²) < 4.78 is 0. The van der Waals surface area contributed by atoms with Crippen molar-refractivity contribution in [3.8, 4) is 0 Å². The lowest BCUT2D eigenvalue weighted by Crippen LogP contribution is -2.35. The zero-order chi connectivity index (χ0) is 14.4. The lowest BCUT2D eigenvalue weighted by atomic mass is 9.86. The monoisotopic (exact) mass is 275 g/mol. The molecule has 3 nitrogen and oxygen atoms in total. The van der Waals surface area contributed by atoms with Gasteiger partial charge in [0.05, 0.1) is 0 Å². The third kappa shape index (κ3) is 4.20. The SMILES string of the molecule is CCCNc1ncccc1CN(C)C1CCCC(C)C1. The number of hydrogen-bond donors (Lipinski definition) is 1. The molecule has 1 saturated carbocycles. The van der Waals surface area contributed by atoms with Crippen LogP contribution in [0.25, 0.3) is 0 Å². The van der Waals surface area contributed by atoms with E-state index in [4.69, 9.17) is 0 Å². The molecule has 0 bridgehead atoms. The number of hydrogen-bond acceptors (Lipinski definition) is 3. The van der Waals surface area contributed by atoms with Crippen molar-refractivity contribution in [2.24, 2.45) is 5.92 Å². The maximum atomic E-state index is 4.49. The van der Waals surface area contributed by atoms with Crippen molar-refractivity contribution in [2.45, 2.75) is 58.5 Å². The molecule has 0 spiro atoms. The Hall–Kier alpha value is -1.09. The highest BCUT2D eigenvalue weighted by molar-refractivity contribution is 5.43. The van der Waals surface area contributed by atoms with Crippen molar-refractivity contribution in [1.29, 1.82) is 0 Å². The van der Waals surface area contributed by atoms with E-state index in [1.54, 1.807) is 0 Å². The molecule has 0 saturated heterocycles. The number of pyridine rings is 1. The number of aromatic nitrogens is 1. The maximum Gasteiger partial charge on any atom is 0.130 e. The summed E-state index contributed by atoms with van der Waals surface area (Å²) in [5.74, 6) is 1.94. The van der Waals surface area contributed by atoms with Crippen LogP contribution < -0.4 is 5.32 Å². The second-order valence-corrected chi connectivity index (χ2v) is 6.28. The Morgan fingerprint density at radius 1 is 1.40 bits per heavy atom. The number of anilines is 1. The average Bonchev–Trinajstić information content (AvgIpc) is 2.46. The topological polar surface area (TPSA) is 28.2 Å². The summed E-state index contributed by atoms with van der Waals surface area (Å²) in [5, 5.41) is 3.44. The van der Waals surface area contributed by atoms with Crippen LogP contribution in [0.4, 0.5) is 5.82 Å². The first-order valence-electron chi connectivity index (χ1n) is 8.08. The molecule has 2 rings (SSSR count). The molecule has 0 aliphatic heterocycles. The fourth-order valence-corrected chi connectivity index (χ4v) is 3.17. The molecule has 112 valence electrons. The van der Waals surface area contributed by atoms with Crippen LogP contribution in [0, 0.1) is 5.92 Å². The highest BCUT2D eigenvalue weighted by Crippen LogP contribution is 2.28. The molecular weight excluding hydrogens is 246 g/mol. The lowest BCUT2D eigenvalue weighted by molar-refractivity contribution is 0.158. The summed E-state index contributed by atoms with van der Waals surface area (Å²) in [6.45, 7) is 6.56. The van der Waals surface area contributed by atoms with E-state index in [-0.39, 0.29) is 0 Å². The van der Waals surface area contributed by atoms with Crippen LogP contribution in [-0.4, -0.2) is 29.5 Å². The predicted octanol–water partition coefficient (Wildman–Crippen LogP) is 3.91. The zero-order valence-electron chi connectivity index (χ0n) is 13.2. The van der Waals surface area contributed by atoms with Gasteiger partial charge in [0.25, 0.3) is 0 Å². The molecule has 1 N–H and O–H groups in total. The standard InChI is InChI=1S/C17H29N3/c1-4-10-18-17-15(8-6-11-19-17)13-20(3)16-9-5-7-14(2)12-16/h6,8,11,14,16H,4-5,7,9-10,12-13H2,1-3H3,(H,18,19). The van der Waals surface area contributed by atoms with Crippen molar-refractivity contribution >= 4 is 5.82 Å². The minimum Gasteiger partial charge on any atom is -0.370 e. The van der Waals surface area contributed by atoms with Gasteiger partial charge in [0.2, 0.25) is 0 Å². The fraction of sp³-hybridized carbons (Fsp3) is 0.706. The van der Waals surface area contributed by atoms with Gasteiger partial charge >= 0.3 is 0 Å². The van der Waals surface area contributed by atoms with Gasteiger partial charge < -0.3 is 5.32 Å². The van der Waals surface area contributed by atoms with Crippen LogP contribution in [0.3, 0.4) is 0 Å². The second kappa shape index (κ2) is 7.63. The molecule has 1 aliphatic rings. The van der Waals surface area contributed by atoms with Crippen LogP contribution in [-0.2, 0) is 6.54 Å². The molecule has 0 radical (unpaired) electrons. The molecule has 1 aromatic rings. The molecular formula is C17H29N3. The smallest absolute Gasteiger partial charge is 0.130 e. The summed E-state index contributed by atoms with van der Waals surface area (Å²) in [6.07, 6.45) is 8.48. The average molecular weight is 275 g/mol. The van der Waals surface area contributed by atoms with Crippen molar-refractivity contribution in [1.82, 2.24) is 9.88 Å². The molecule has 2 atom stereocenters. The van der Waals surface area contributed by atoms with Crippen molar-refractivity contribution in [2.75, 3.05) is 18.9 Å². The Labute approximate surface area is 123 Å². The van der Waals surface area contributed by atoms with Gasteiger partial charge in [-0.25, -0.2) is 4.98 Å². The number of rotatable bonds is 6. The molecule has 3 heteroatoms. The minimum atomic E-state index is 0.734. The highest BCUT2D eigenvalue weighted by Gasteiger charge is 2.22. The normalized spacial score (nSPS) is 23.0. The predicted molar refractivity (Wildman–Crippen MR) is 85.9 cm³/mol. The van der Waals surface area contributed by atoms with Gasteiger partial charge in [-0.15, -0.1) is 0 Å². The Bertz CT molecular complexity index is 405. The van der Waals surface area contributed by atoms with E-state index in [9.17, 15) is 0 Å². The molecule has 1 fully saturated rings. The fourth-order valence-electron chi connectivity index (χ4n) is 3.17. The second-order valence-electron chi connectivity index (χ2n) is 6.28. The number of nitrogens with one attached hydrogen (secondary N) is 1. The third-order valence-corrected chi connectivity index (χ3v) is 4.39. The Balaban J connectivity index is 1.97. The van der Waals surface area contributed by atoms with Gasteiger partial charge in [-0.3, -0.25) is 4.90 Å². The van der Waals surface area contributed by atoms with Crippen molar-refractivity contribution in [3.05, 3.63) is 23.9 Å². The summed E-state index contributed by atoms with van der Waals surface area (Å²) >= 11 is 0. The van der Waals surface area contributed by atoms with E-state index in [1.807, 2.05) is 12.3 Å². The van der Waals surface area contributed by atoms with E-state index in [0.29, 0.717) is 0 Å². The van der Waals surface area contributed by atoms with Crippen LogP contribution in [0.2, 0.25) is 0 Å². The summed E-state index contributed by atoms with van der Waals surface area (Å²) in [4.78, 5) is 7.01. The zero-order valence-corrected chi connectivity index (χ0v) is 13.2. The molecule has 1 heterocycles. The lowest BCUT2D eigenvalue weighted by Gasteiger charge is -2.34. The molecule has 1 aliphatic carbocycles. The quantitative estimate of drug-likeness (QED) is 0.853. The van der Waals surface area contributed by atoms with Crippen molar-refractivity contribution < 1.29 is 0 Å². The molecule has 0 aromatic carbocycles. The first kappa shape index (κ1) is 15.3. The van der Waals surface area contributed by atoms with Gasteiger partial charge in [0.15, 0.2) is 0 Å². The van der Waals surface area contributed by atoms with E-state index in [2.05, 4.69) is 42.2 Å². The number of nitrogens with zero attached hydrogens (tertiary/aromatic N) is 2. The van der Waals surface area contributed by atoms with E-state index >= 15 is 0 Å². The van der Waals surface area contributed by atoms with E-state index in [1.165, 1.54) is 31.2 Å². The van der Waals surface area contributed by atoms with E-state index in [0.717, 1.165) is 37.3 Å². The molecule has 1 aromatic heterocycles. The summed E-state index contributed by atoms with van der Waals surface area (Å²) in [6, 6.07) is 4.98. The van der Waals surface area contributed by atoms with Crippen molar-refractivity contribution in [3.63, 3.8) is 0 Å². The highest BCUT2D eigenvalue weighted by atomic mass is 15.1. The largest absolute Gasteiger partial charge is 0.370 e. The van der Waals surface area contributed by atoms with Gasteiger partial charge in [-0.05, 0) is 38.3 Å². The van der Waals surface area contributed by atoms with Crippen LogP contribution >= 0.6 is 0 Å². The molecule has 2 unspecified atom stereocenters. The van der Waals surface area contributed by atoms with E-state index < -0.39 is 0 Å². The van der Waals surface area contributed by atoms with Gasteiger partial charge in [-0.2, -0.15) is 0 Å². The molecule has 0 amide bonds. The maximum absolute atomic E-state index is 4.49. The Morgan fingerprint density at radius 3 is 3.00 bits per heavy atom. The summed E-state index contributed by atoms with van der Waals surface area (Å²) in [7, 11) is 2.26. The molecule has 20 heavy (non-hydrogen) atoms. The first-order chi connectivity index (χ1) is 9.70. The Kier molecular flexibility index (Phi) is 5.84. The van der Waals surface area contributed by atoms with Crippen LogP contribution in [0.5, 0.6) is 0 Å². The third-order valence-electron chi connectivity index (χ3n) is 4.39. The van der Waals surface area contributed by atoms with Crippen LogP contribution in [0.1, 0.15) is 51.5 Å². The van der Waals surface area contributed by atoms with Gasteiger partial charge in [0.1, 0.15) is 5.82 Å². The van der Waals surface area contributed by atoms with Gasteiger partial charge in [-0.1, -0.05) is 32.8 Å². The Morgan fingerprint density at radius 2 is 2.25 bits per heavy atom.